The highest BCUT2D eigenvalue weighted by Gasteiger charge is 2.23. The summed E-state index contributed by atoms with van der Waals surface area (Å²) in [5.74, 6) is -0.257. The molecule has 0 aromatic rings. The van der Waals surface area contributed by atoms with Gasteiger partial charge in [0.1, 0.15) is 13.2 Å². The number of quaternary nitrogens is 1. The molecule has 8 nitrogen and oxygen atoms in total. The molecule has 0 saturated carbocycles. The zero-order valence-electron chi connectivity index (χ0n) is 37.3. The summed E-state index contributed by atoms with van der Waals surface area (Å²) in [4.78, 5) is 25.3. The Kier molecular flexibility index (Phi) is 38.0. The van der Waals surface area contributed by atoms with Crippen LogP contribution in [0.2, 0.25) is 0 Å². The molecule has 9 heteroatoms. The summed E-state index contributed by atoms with van der Waals surface area (Å²) in [6, 6.07) is -0.919. The van der Waals surface area contributed by atoms with Crippen LogP contribution in [-0.4, -0.2) is 68.5 Å². The maximum atomic E-state index is 12.8. The van der Waals surface area contributed by atoms with Gasteiger partial charge in [-0.1, -0.05) is 183 Å². The highest BCUT2D eigenvalue weighted by Crippen LogP contribution is 2.38. The molecule has 57 heavy (non-hydrogen) atoms. The number of aliphatic hydroxyl groups is 1. The van der Waals surface area contributed by atoms with Gasteiger partial charge in [0, 0.05) is 6.42 Å². The third-order valence-electron chi connectivity index (χ3n) is 9.67. The van der Waals surface area contributed by atoms with Gasteiger partial charge in [0.25, 0.3) is 7.82 Å². The standard InChI is InChI=1S/C48H87N2O6P/c1-6-8-10-12-14-16-18-20-22-24-26-27-29-31-33-35-37-39-41-47(51)46(45-56-57(53,54)55-44-43-50(3,4)5)49-48(52)42-40-38-36-34-32-30-28-25-23-21-19-17-15-13-11-9-7-2/h9,11,15,17,21,23,28,30,34,36,39,41,46-47,51H,6-8,10,12-14,16,18-20,22,24-27,29,31-33,35,37-38,40,42-45H2,1-5H3,(H-,49,52,53,54)/b11-9-,17-15-,23-21-,30-28-,36-34-,41-39+. The molecule has 0 bridgehead atoms. The molecular weight excluding hydrogens is 732 g/mol. The fraction of sp³-hybridized carbons (Fsp3) is 0.729. The minimum absolute atomic E-state index is 0.0150. The van der Waals surface area contributed by atoms with Crippen LogP contribution in [0, 0.1) is 0 Å². The molecule has 0 heterocycles. The van der Waals surface area contributed by atoms with E-state index in [1.165, 1.54) is 89.9 Å². The number of amides is 1. The summed E-state index contributed by atoms with van der Waals surface area (Å²) in [5.41, 5.74) is 0. The van der Waals surface area contributed by atoms with Crippen LogP contribution >= 0.6 is 7.82 Å². The van der Waals surface area contributed by atoms with E-state index >= 15 is 0 Å². The highest BCUT2D eigenvalue weighted by atomic mass is 31.2. The first-order valence-electron chi connectivity index (χ1n) is 22.8. The Labute approximate surface area is 351 Å². The van der Waals surface area contributed by atoms with E-state index < -0.39 is 26.6 Å². The topological polar surface area (TPSA) is 108 Å². The van der Waals surface area contributed by atoms with Gasteiger partial charge in [-0.15, -0.1) is 0 Å². The number of likely N-dealkylation sites (N-methyl/N-ethyl adjacent to an activating group) is 1. The predicted molar refractivity (Wildman–Crippen MR) is 242 cm³/mol. The Hall–Kier alpha value is -2.06. The van der Waals surface area contributed by atoms with Crippen molar-refractivity contribution in [2.24, 2.45) is 0 Å². The number of phosphoric acid groups is 1. The number of unbranched alkanes of at least 4 members (excludes halogenated alkanes) is 17. The largest absolute Gasteiger partial charge is 0.756 e. The van der Waals surface area contributed by atoms with Gasteiger partial charge < -0.3 is 28.8 Å². The number of rotatable bonds is 40. The zero-order valence-corrected chi connectivity index (χ0v) is 38.2. The fourth-order valence-corrected chi connectivity index (χ4v) is 6.79. The lowest BCUT2D eigenvalue weighted by Gasteiger charge is -2.29. The second-order valence-corrected chi connectivity index (χ2v) is 17.8. The third kappa shape index (κ3) is 41.9. The number of carbonyl (C=O) groups excluding carboxylic acids is 1. The van der Waals surface area contributed by atoms with Crippen LogP contribution in [0.4, 0.5) is 0 Å². The van der Waals surface area contributed by atoms with E-state index in [4.69, 9.17) is 9.05 Å². The summed E-state index contributed by atoms with van der Waals surface area (Å²) < 4.78 is 23.2. The number of aliphatic hydroxyl groups excluding tert-OH is 1. The van der Waals surface area contributed by atoms with Gasteiger partial charge in [-0.05, 0) is 57.8 Å². The van der Waals surface area contributed by atoms with Crippen molar-refractivity contribution in [3.05, 3.63) is 72.9 Å². The predicted octanol–water partition coefficient (Wildman–Crippen LogP) is 12.2. The van der Waals surface area contributed by atoms with Crippen molar-refractivity contribution in [1.29, 1.82) is 0 Å². The van der Waals surface area contributed by atoms with Crippen molar-refractivity contribution in [1.82, 2.24) is 5.32 Å². The van der Waals surface area contributed by atoms with Crippen LogP contribution in [0.5, 0.6) is 0 Å². The van der Waals surface area contributed by atoms with E-state index in [9.17, 15) is 19.4 Å². The first-order valence-corrected chi connectivity index (χ1v) is 24.3. The molecule has 0 aliphatic rings. The summed E-state index contributed by atoms with van der Waals surface area (Å²) in [7, 11) is 1.21. The number of hydrogen-bond acceptors (Lipinski definition) is 6. The molecule has 330 valence electrons. The van der Waals surface area contributed by atoms with Gasteiger partial charge >= 0.3 is 0 Å². The van der Waals surface area contributed by atoms with Gasteiger partial charge in [-0.3, -0.25) is 9.36 Å². The monoisotopic (exact) mass is 819 g/mol. The molecule has 3 atom stereocenters. The quantitative estimate of drug-likeness (QED) is 0.0276. The van der Waals surface area contributed by atoms with Gasteiger partial charge in [0.2, 0.25) is 5.91 Å². The second kappa shape index (κ2) is 39.4. The van der Waals surface area contributed by atoms with Crippen LogP contribution in [0.15, 0.2) is 72.9 Å². The van der Waals surface area contributed by atoms with Crippen molar-refractivity contribution in [2.45, 2.75) is 187 Å². The first kappa shape index (κ1) is 54.9. The summed E-state index contributed by atoms with van der Waals surface area (Å²) in [6.07, 6.45) is 52.4. The summed E-state index contributed by atoms with van der Waals surface area (Å²) >= 11 is 0. The van der Waals surface area contributed by atoms with E-state index in [-0.39, 0.29) is 18.9 Å². The van der Waals surface area contributed by atoms with Gasteiger partial charge in [-0.2, -0.15) is 0 Å². The number of phosphoric ester groups is 1. The Morgan fingerprint density at radius 1 is 0.632 bits per heavy atom. The number of allylic oxidation sites excluding steroid dienone is 11. The molecule has 0 aliphatic heterocycles. The van der Waals surface area contributed by atoms with Crippen LogP contribution in [0.3, 0.4) is 0 Å². The summed E-state index contributed by atoms with van der Waals surface area (Å²) in [5, 5.41) is 13.7. The normalized spacial score (nSPS) is 15.0. The van der Waals surface area contributed by atoms with Crippen molar-refractivity contribution in [3.8, 4) is 0 Å². The maximum Gasteiger partial charge on any atom is 0.268 e. The first-order chi connectivity index (χ1) is 27.5. The van der Waals surface area contributed by atoms with Crippen molar-refractivity contribution >= 4 is 13.7 Å². The van der Waals surface area contributed by atoms with Crippen LogP contribution in [0.1, 0.15) is 174 Å². The van der Waals surface area contributed by atoms with E-state index in [0.29, 0.717) is 17.4 Å². The Morgan fingerprint density at radius 3 is 1.54 bits per heavy atom. The van der Waals surface area contributed by atoms with Gasteiger partial charge in [0.15, 0.2) is 0 Å². The summed E-state index contributed by atoms with van der Waals surface area (Å²) in [6.45, 7) is 4.48. The molecule has 0 fully saturated rings. The molecular formula is C48H87N2O6P. The average Bonchev–Trinajstić information content (AvgIpc) is 3.16. The lowest BCUT2D eigenvalue weighted by Crippen LogP contribution is -2.45. The minimum atomic E-state index is -4.61. The van der Waals surface area contributed by atoms with E-state index in [1.54, 1.807) is 6.08 Å². The number of nitrogens with one attached hydrogen (secondary N) is 1. The van der Waals surface area contributed by atoms with E-state index in [0.717, 1.165) is 57.8 Å². The molecule has 3 unspecified atom stereocenters. The number of nitrogens with zero attached hydrogens (tertiary/aromatic N) is 1. The smallest absolute Gasteiger partial charge is 0.268 e. The van der Waals surface area contributed by atoms with Crippen molar-refractivity contribution < 1.29 is 32.9 Å². The molecule has 0 aromatic heterocycles. The lowest BCUT2D eigenvalue weighted by molar-refractivity contribution is -0.870. The molecule has 0 saturated heterocycles. The second-order valence-electron chi connectivity index (χ2n) is 16.4. The van der Waals surface area contributed by atoms with Crippen molar-refractivity contribution in [2.75, 3.05) is 40.9 Å². The number of hydrogen-bond donors (Lipinski definition) is 2. The molecule has 0 radical (unpaired) electrons. The SMILES string of the molecule is CC/C=C\C/C=C\C/C=C\C/C=C\C/C=C\CCCC(=O)NC(COP(=O)([O-])OCC[N+](C)(C)C)C(O)/C=C/CCCCCCCCCCCCCCCCCC. The molecule has 1 amide bonds. The van der Waals surface area contributed by atoms with Gasteiger partial charge in [0.05, 0.1) is 39.9 Å². The van der Waals surface area contributed by atoms with E-state index in [1.807, 2.05) is 27.2 Å². The lowest BCUT2D eigenvalue weighted by atomic mass is 10.0. The molecule has 0 spiro atoms. The van der Waals surface area contributed by atoms with Crippen LogP contribution in [0.25, 0.3) is 0 Å². The zero-order chi connectivity index (χ0) is 42.1. The van der Waals surface area contributed by atoms with E-state index in [2.05, 4.69) is 79.9 Å². The Bertz CT molecular complexity index is 1160. The maximum absolute atomic E-state index is 12.8. The molecule has 2 N–H and O–H groups in total. The number of carbonyl (C=O) groups is 1. The molecule has 0 aliphatic carbocycles. The minimum Gasteiger partial charge on any atom is -0.756 e. The van der Waals surface area contributed by atoms with Crippen LogP contribution < -0.4 is 10.2 Å². The Balaban J connectivity index is 4.52. The molecule has 0 aromatic carbocycles. The average molecular weight is 819 g/mol. The highest BCUT2D eigenvalue weighted by molar-refractivity contribution is 7.45. The van der Waals surface area contributed by atoms with Crippen LogP contribution in [-0.2, 0) is 18.4 Å². The third-order valence-corrected chi connectivity index (χ3v) is 10.6. The molecule has 0 rings (SSSR count). The van der Waals surface area contributed by atoms with Gasteiger partial charge in [-0.25, -0.2) is 0 Å². The Morgan fingerprint density at radius 2 is 1.07 bits per heavy atom. The fourth-order valence-electron chi connectivity index (χ4n) is 6.07. The van der Waals surface area contributed by atoms with Crippen molar-refractivity contribution in [3.63, 3.8) is 0 Å².